The zero-order valence-electron chi connectivity index (χ0n) is 16.6. The number of aromatic carboxylic acids is 1. The minimum Gasteiger partial charge on any atom is -0.494 e. The Kier molecular flexibility index (Phi) is 5.64. The molecule has 0 saturated carbocycles. The molecule has 1 heterocycles. The molecule has 1 N–H and O–H groups in total. The Hall–Kier alpha value is -3.34. The van der Waals surface area contributed by atoms with Gasteiger partial charge in [-0.25, -0.2) is 4.79 Å². The van der Waals surface area contributed by atoms with Gasteiger partial charge < -0.3 is 14.4 Å². The first-order valence-corrected chi connectivity index (χ1v) is 9.21. The van der Waals surface area contributed by atoms with E-state index in [9.17, 15) is 4.79 Å². The van der Waals surface area contributed by atoms with Gasteiger partial charge in [-0.1, -0.05) is 0 Å². The molecule has 0 radical (unpaired) electrons. The normalized spacial score (nSPS) is 11.1. The van der Waals surface area contributed by atoms with Crippen LogP contribution in [0.3, 0.4) is 0 Å². The van der Waals surface area contributed by atoms with E-state index in [0.29, 0.717) is 6.61 Å². The molecular weight excluding hydrogens is 352 g/mol. The standard InChI is InChI=1S/C23H24N2O3/c1-5-28-21-9-7-20(8-10-21)25-16(3)13-19(17(25)4)14-24-22-11-6-18(23(26)27)12-15(22)2/h6-14H,5H2,1-4H3,(H,26,27). The summed E-state index contributed by atoms with van der Waals surface area (Å²) in [4.78, 5) is 15.6. The second-order valence-electron chi connectivity index (χ2n) is 6.65. The number of carboxylic acid groups (broad SMARTS) is 1. The predicted octanol–water partition coefficient (Wildman–Crippen LogP) is 5.25. The molecule has 2 aromatic carbocycles. The van der Waals surface area contributed by atoms with Crippen molar-refractivity contribution in [1.29, 1.82) is 0 Å². The highest BCUT2D eigenvalue weighted by atomic mass is 16.5. The van der Waals surface area contributed by atoms with Gasteiger partial charge in [0.1, 0.15) is 5.75 Å². The summed E-state index contributed by atoms with van der Waals surface area (Å²) in [5.41, 5.74) is 6.15. The van der Waals surface area contributed by atoms with E-state index < -0.39 is 5.97 Å². The van der Waals surface area contributed by atoms with Crippen LogP contribution in [0, 0.1) is 20.8 Å². The minimum absolute atomic E-state index is 0.269. The summed E-state index contributed by atoms with van der Waals surface area (Å²) in [5, 5.41) is 9.08. The maximum atomic E-state index is 11.1. The van der Waals surface area contributed by atoms with Gasteiger partial charge in [0.05, 0.1) is 17.9 Å². The van der Waals surface area contributed by atoms with Crippen molar-refractivity contribution in [2.75, 3.05) is 6.61 Å². The van der Waals surface area contributed by atoms with Gasteiger partial charge in [-0.05, 0) is 81.8 Å². The van der Waals surface area contributed by atoms with Gasteiger partial charge in [-0.3, -0.25) is 4.99 Å². The number of nitrogens with zero attached hydrogens (tertiary/aromatic N) is 2. The second-order valence-corrected chi connectivity index (χ2v) is 6.65. The third kappa shape index (κ3) is 3.98. The molecule has 0 aliphatic heterocycles. The Morgan fingerprint density at radius 3 is 2.43 bits per heavy atom. The van der Waals surface area contributed by atoms with E-state index in [1.807, 2.05) is 44.3 Å². The zero-order valence-corrected chi connectivity index (χ0v) is 16.6. The number of carbonyl (C=O) groups is 1. The van der Waals surface area contributed by atoms with Crippen molar-refractivity contribution in [3.05, 3.63) is 76.6 Å². The van der Waals surface area contributed by atoms with Gasteiger partial charge in [0.15, 0.2) is 0 Å². The van der Waals surface area contributed by atoms with E-state index in [1.54, 1.807) is 18.2 Å². The first-order chi connectivity index (χ1) is 13.4. The first kappa shape index (κ1) is 19.4. The summed E-state index contributed by atoms with van der Waals surface area (Å²) < 4.78 is 7.70. The molecule has 28 heavy (non-hydrogen) atoms. The summed E-state index contributed by atoms with van der Waals surface area (Å²) in [6, 6.07) is 15.1. The number of aryl methyl sites for hydroxylation is 2. The van der Waals surface area contributed by atoms with E-state index in [0.717, 1.165) is 39.6 Å². The molecule has 0 unspecified atom stereocenters. The van der Waals surface area contributed by atoms with Crippen molar-refractivity contribution in [3.8, 4) is 11.4 Å². The first-order valence-electron chi connectivity index (χ1n) is 9.21. The Labute approximate surface area is 164 Å². The SMILES string of the molecule is CCOc1ccc(-n2c(C)cc(C=Nc3ccc(C(=O)O)cc3C)c2C)cc1. The fourth-order valence-corrected chi connectivity index (χ4v) is 3.25. The van der Waals surface area contributed by atoms with Crippen LogP contribution in [0.4, 0.5) is 5.69 Å². The van der Waals surface area contributed by atoms with Crippen LogP contribution in [0.15, 0.2) is 53.5 Å². The van der Waals surface area contributed by atoms with Crippen molar-refractivity contribution in [1.82, 2.24) is 4.57 Å². The topological polar surface area (TPSA) is 63.8 Å². The van der Waals surface area contributed by atoms with E-state index in [1.165, 1.54) is 0 Å². The van der Waals surface area contributed by atoms with Gasteiger partial charge in [0.2, 0.25) is 0 Å². The quantitative estimate of drug-likeness (QED) is 0.598. The number of ether oxygens (including phenoxy) is 1. The van der Waals surface area contributed by atoms with Crippen LogP contribution < -0.4 is 4.74 Å². The highest BCUT2D eigenvalue weighted by Gasteiger charge is 2.10. The van der Waals surface area contributed by atoms with Crippen molar-refractivity contribution in [2.24, 2.45) is 4.99 Å². The number of aliphatic imine (C=N–C) groups is 1. The highest BCUT2D eigenvalue weighted by molar-refractivity contribution is 5.89. The van der Waals surface area contributed by atoms with Gasteiger partial charge in [-0.15, -0.1) is 0 Å². The van der Waals surface area contributed by atoms with E-state index in [4.69, 9.17) is 9.84 Å². The maximum Gasteiger partial charge on any atom is 0.335 e. The molecular formula is C23H24N2O3. The van der Waals surface area contributed by atoms with Crippen LogP contribution in [0.1, 0.15) is 39.8 Å². The molecule has 3 rings (SSSR count). The average molecular weight is 376 g/mol. The third-order valence-electron chi connectivity index (χ3n) is 4.66. The van der Waals surface area contributed by atoms with Crippen LogP contribution in [-0.2, 0) is 0 Å². The summed E-state index contributed by atoms with van der Waals surface area (Å²) in [6.07, 6.45) is 1.83. The van der Waals surface area contributed by atoms with Crippen molar-refractivity contribution in [2.45, 2.75) is 27.7 Å². The Bertz CT molecular complexity index is 1030. The van der Waals surface area contributed by atoms with Crippen LogP contribution >= 0.6 is 0 Å². The van der Waals surface area contributed by atoms with E-state index in [2.05, 4.69) is 29.5 Å². The molecule has 1 aromatic heterocycles. The van der Waals surface area contributed by atoms with E-state index in [-0.39, 0.29) is 5.56 Å². The van der Waals surface area contributed by atoms with Crippen LogP contribution in [0.25, 0.3) is 5.69 Å². The molecule has 5 nitrogen and oxygen atoms in total. The second kappa shape index (κ2) is 8.13. The fourth-order valence-electron chi connectivity index (χ4n) is 3.25. The molecule has 3 aromatic rings. The fraction of sp³-hybridized carbons (Fsp3) is 0.217. The lowest BCUT2D eigenvalue weighted by Gasteiger charge is -2.11. The van der Waals surface area contributed by atoms with Crippen molar-refractivity contribution >= 4 is 17.9 Å². The van der Waals surface area contributed by atoms with Crippen LogP contribution in [0.2, 0.25) is 0 Å². The van der Waals surface area contributed by atoms with Crippen molar-refractivity contribution in [3.63, 3.8) is 0 Å². The van der Waals surface area contributed by atoms with Crippen LogP contribution in [0.5, 0.6) is 5.75 Å². The monoisotopic (exact) mass is 376 g/mol. The molecule has 0 spiro atoms. The van der Waals surface area contributed by atoms with Gasteiger partial charge in [0.25, 0.3) is 0 Å². The highest BCUT2D eigenvalue weighted by Crippen LogP contribution is 2.24. The molecule has 0 aliphatic rings. The summed E-state index contributed by atoms with van der Waals surface area (Å²) >= 11 is 0. The number of hydrogen-bond acceptors (Lipinski definition) is 3. The number of hydrogen-bond donors (Lipinski definition) is 1. The lowest BCUT2D eigenvalue weighted by atomic mass is 10.1. The summed E-state index contributed by atoms with van der Waals surface area (Å²) in [6.45, 7) is 8.60. The molecule has 0 aliphatic carbocycles. The molecule has 144 valence electrons. The molecule has 0 saturated heterocycles. The number of carboxylic acids is 1. The lowest BCUT2D eigenvalue weighted by Crippen LogP contribution is -2.00. The third-order valence-corrected chi connectivity index (χ3v) is 4.66. The number of rotatable bonds is 6. The number of benzene rings is 2. The predicted molar refractivity (Wildman–Crippen MR) is 112 cm³/mol. The van der Waals surface area contributed by atoms with Crippen LogP contribution in [-0.4, -0.2) is 28.5 Å². The van der Waals surface area contributed by atoms with E-state index >= 15 is 0 Å². The van der Waals surface area contributed by atoms with Gasteiger partial charge in [-0.2, -0.15) is 0 Å². The Morgan fingerprint density at radius 1 is 1.11 bits per heavy atom. The summed E-state index contributed by atoms with van der Waals surface area (Å²) in [5.74, 6) is -0.0756. The Morgan fingerprint density at radius 2 is 1.82 bits per heavy atom. The maximum absolute atomic E-state index is 11.1. The molecule has 0 bridgehead atoms. The average Bonchev–Trinajstić information content (AvgIpc) is 2.95. The molecule has 0 atom stereocenters. The molecule has 0 fully saturated rings. The molecule has 0 amide bonds. The minimum atomic E-state index is -0.933. The largest absolute Gasteiger partial charge is 0.494 e. The molecule has 5 heteroatoms. The van der Waals surface area contributed by atoms with Gasteiger partial charge >= 0.3 is 5.97 Å². The lowest BCUT2D eigenvalue weighted by molar-refractivity contribution is 0.0697. The Balaban J connectivity index is 1.89. The van der Waals surface area contributed by atoms with Crippen molar-refractivity contribution < 1.29 is 14.6 Å². The smallest absolute Gasteiger partial charge is 0.335 e. The zero-order chi connectivity index (χ0) is 20.3. The number of aromatic nitrogens is 1. The van der Waals surface area contributed by atoms with Gasteiger partial charge in [0, 0.05) is 28.9 Å². The summed E-state index contributed by atoms with van der Waals surface area (Å²) in [7, 11) is 0.